The van der Waals surface area contributed by atoms with Crippen molar-refractivity contribution in [3.8, 4) is 0 Å². The van der Waals surface area contributed by atoms with E-state index in [1.807, 2.05) is 48.5 Å². The van der Waals surface area contributed by atoms with Gasteiger partial charge in [0.05, 0.1) is 23.2 Å². The summed E-state index contributed by atoms with van der Waals surface area (Å²) in [5.41, 5.74) is -3.56. The van der Waals surface area contributed by atoms with E-state index in [4.69, 9.17) is 4.74 Å². The lowest BCUT2D eigenvalue weighted by molar-refractivity contribution is -0.162. The number of ether oxygens (including phenoxy) is 1. The summed E-state index contributed by atoms with van der Waals surface area (Å²) in [6.45, 7) is 18.5. The van der Waals surface area contributed by atoms with Crippen LogP contribution in [0.5, 0.6) is 0 Å². The molecule has 0 aliphatic carbocycles. The van der Waals surface area contributed by atoms with Crippen LogP contribution >= 0.6 is 0 Å². The molecule has 0 saturated carbocycles. The van der Waals surface area contributed by atoms with Crippen LogP contribution in [0.4, 0.5) is 0 Å². The molecular weight excluding hydrogens is 486 g/mol. The molecule has 0 aromatic rings. The SMILES string of the molecule is CCC(C)(NCC(=O)C(C)(CC)NCCNC(CC)(CC)C(=O)[C@H](C)OC(CC)(CC)C(C)=O)C(=O)CO. The van der Waals surface area contributed by atoms with Crippen LogP contribution in [0.25, 0.3) is 0 Å². The zero-order valence-electron chi connectivity index (χ0n) is 25.6. The van der Waals surface area contributed by atoms with Crippen molar-refractivity contribution in [2.75, 3.05) is 26.2 Å². The third-order valence-electron chi connectivity index (χ3n) is 8.77. The third-order valence-corrected chi connectivity index (χ3v) is 8.77. The lowest BCUT2D eigenvalue weighted by Gasteiger charge is -2.38. The minimum Gasteiger partial charge on any atom is -0.389 e. The zero-order valence-corrected chi connectivity index (χ0v) is 25.6. The van der Waals surface area contributed by atoms with E-state index in [1.54, 1.807) is 13.8 Å². The van der Waals surface area contributed by atoms with Crippen molar-refractivity contribution in [2.45, 2.75) is 136 Å². The van der Waals surface area contributed by atoms with Crippen molar-refractivity contribution in [1.29, 1.82) is 0 Å². The standard InChI is InChI=1S/C29H55N3O6/c1-11-26(9,23(35)19-32-27(10,12-2)24(36)20-33)30-17-18-31-28(13-3,14-4)25(37)21(7)38-29(15-5,16-6)22(8)34/h21,30-33H,11-20H2,1-10H3/t21-,26?,27?/m0/s1. The number of aliphatic hydroxyl groups excluding tert-OH is 1. The number of aliphatic hydroxyl groups is 1. The maximum Gasteiger partial charge on any atom is 0.181 e. The number of nitrogens with one attached hydrogen (secondary N) is 3. The first-order valence-electron chi connectivity index (χ1n) is 14.3. The number of rotatable bonds is 22. The van der Waals surface area contributed by atoms with Gasteiger partial charge in [-0.25, -0.2) is 0 Å². The molecule has 2 unspecified atom stereocenters. The first kappa shape index (κ1) is 36.5. The van der Waals surface area contributed by atoms with Crippen molar-refractivity contribution >= 4 is 23.1 Å². The van der Waals surface area contributed by atoms with E-state index in [0.29, 0.717) is 51.6 Å². The summed E-state index contributed by atoms with van der Waals surface area (Å²) >= 11 is 0. The predicted molar refractivity (Wildman–Crippen MR) is 151 cm³/mol. The van der Waals surface area contributed by atoms with Crippen molar-refractivity contribution in [1.82, 2.24) is 16.0 Å². The van der Waals surface area contributed by atoms with Gasteiger partial charge in [0.1, 0.15) is 18.3 Å². The molecule has 0 saturated heterocycles. The van der Waals surface area contributed by atoms with Crippen LogP contribution in [-0.2, 0) is 23.9 Å². The van der Waals surface area contributed by atoms with Gasteiger partial charge in [0.15, 0.2) is 23.1 Å². The Kier molecular flexibility index (Phi) is 15.3. The average molecular weight is 542 g/mol. The van der Waals surface area contributed by atoms with E-state index in [0.717, 1.165) is 0 Å². The second-order valence-electron chi connectivity index (χ2n) is 10.8. The molecule has 0 aromatic carbocycles. The number of ketones is 4. The van der Waals surface area contributed by atoms with Gasteiger partial charge in [-0.1, -0.05) is 41.5 Å². The first-order chi connectivity index (χ1) is 17.7. The van der Waals surface area contributed by atoms with Crippen molar-refractivity contribution < 1.29 is 29.0 Å². The van der Waals surface area contributed by atoms with E-state index < -0.39 is 34.9 Å². The molecule has 0 aliphatic heterocycles. The number of hydrogen-bond donors (Lipinski definition) is 4. The fraction of sp³-hybridized carbons (Fsp3) is 0.862. The first-order valence-corrected chi connectivity index (χ1v) is 14.3. The van der Waals surface area contributed by atoms with Gasteiger partial charge in [0.25, 0.3) is 0 Å². The topological polar surface area (TPSA) is 134 Å². The van der Waals surface area contributed by atoms with E-state index in [1.165, 1.54) is 6.92 Å². The van der Waals surface area contributed by atoms with Gasteiger partial charge in [0, 0.05) is 13.1 Å². The molecule has 0 spiro atoms. The average Bonchev–Trinajstić information content (AvgIpc) is 2.93. The maximum atomic E-state index is 13.6. The molecule has 38 heavy (non-hydrogen) atoms. The molecule has 3 atom stereocenters. The Hall–Kier alpha value is -1.52. The summed E-state index contributed by atoms with van der Waals surface area (Å²) in [6.07, 6.45) is 2.37. The Morgan fingerprint density at radius 2 is 1.21 bits per heavy atom. The van der Waals surface area contributed by atoms with Crippen LogP contribution in [0, 0.1) is 0 Å². The van der Waals surface area contributed by atoms with Crippen LogP contribution in [0.1, 0.15) is 108 Å². The van der Waals surface area contributed by atoms with Crippen molar-refractivity contribution in [3.63, 3.8) is 0 Å². The van der Waals surface area contributed by atoms with E-state index in [2.05, 4.69) is 16.0 Å². The van der Waals surface area contributed by atoms with Crippen LogP contribution in [0.3, 0.4) is 0 Å². The number of carbonyl (C=O) groups is 4. The normalized spacial score (nSPS) is 16.4. The molecule has 222 valence electrons. The van der Waals surface area contributed by atoms with Gasteiger partial charge in [-0.15, -0.1) is 0 Å². The Morgan fingerprint density at radius 3 is 1.61 bits per heavy atom. The number of carbonyl (C=O) groups excluding carboxylic acids is 4. The van der Waals surface area contributed by atoms with E-state index in [-0.39, 0.29) is 29.7 Å². The van der Waals surface area contributed by atoms with Crippen LogP contribution in [0.15, 0.2) is 0 Å². The summed E-state index contributed by atoms with van der Waals surface area (Å²) in [7, 11) is 0. The fourth-order valence-corrected chi connectivity index (χ4v) is 4.84. The molecular formula is C29H55N3O6. The van der Waals surface area contributed by atoms with Crippen LogP contribution < -0.4 is 16.0 Å². The number of hydrogen-bond acceptors (Lipinski definition) is 9. The molecule has 0 bridgehead atoms. The molecule has 0 radical (unpaired) electrons. The Bertz CT molecular complexity index is 793. The lowest BCUT2D eigenvalue weighted by Crippen LogP contribution is -2.60. The Morgan fingerprint density at radius 1 is 0.737 bits per heavy atom. The quantitative estimate of drug-likeness (QED) is 0.153. The molecule has 9 nitrogen and oxygen atoms in total. The highest BCUT2D eigenvalue weighted by Crippen LogP contribution is 2.27. The molecule has 0 amide bonds. The van der Waals surface area contributed by atoms with Gasteiger partial charge in [-0.05, 0) is 66.2 Å². The molecule has 4 N–H and O–H groups in total. The minimum atomic E-state index is -0.961. The van der Waals surface area contributed by atoms with Gasteiger partial charge in [-0.3, -0.25) is 24.5 Å². The highest BCUT2D eigenvalue weighted by atomic mass is 16.5. The highest BCUT2D eigenvalue weighted by molar-refractivity contribution is 5.93. The zero-order chi connectivity index (χ0) is 29.8. The van der Waals surface area contributed by atoms with Crippen LogP contribution in [-0.4, -0.2) is 82.8 Å². The summed E-state index contributed by atoms with van der Waals surface area (Å²) in [5, 5.41) is 19.0. The van der Waals surface area contributed by atoms with E-state index in [9.17, 15) is 24.3 Å². The van der Waals surface area contributed by atoms with Crippen LogP contribution in [0.2, 0.25) is 0 Å². The summed E-state index contributed by atoms with van der Waals surface area (Å²) < 4.78 is 6.12. The van der Waals surface area contributed by atoms with Gasteiger partial charge >= 0.3 is 0 Å². The lowest BCUT2D eigenvalue weighted by atomic mass is 9.84. The summed E-state index contributed by atoms with van der Waals surface area (Å²) in [5.74, 6) is -0.586. The smallest absolute Gasteiger partial charge is 0.181 e. The molecule has 0 heterocycles. The molecule has 0 rings (SSSR count). The highest BCUT2D eigenvalue weighted by Gasteiger charge is 2.42. The van der Waals surface area contributed by atoms with Gasteiger partial charge in [0.2, 0.25) is 0 Å². The minimum absolute atomic E-state index is 0.00516. The van der Waals surface area contributed by atoms with Gasteiger partial charge in [-0.2, -0.15) is 0 Å². The van der Waals surface area contributed by atoms with E-state index >= 15 is 0 Å². The van der Waals surface area contributed by atoms with Crippen molar-refractivity contribution in [2.24, 2.45) is 0 Å². The largest absolute Gasteiger partial charge is 0.389 e. The van der Waals surface area contributed by atoms with Crippen molar-refractivity contribution in [3.05, 3.63) is 0 Å². The second kappa shape index (κ2) is 15.9. The number of Topliss-reactive ketones (excluding diaryl/α,β-unsaturated/α-hetero) is 4. The Balaban J connectivity index is 5.33. The second-order valence-corrected chi connectivity index (χ2v) is 10.8. The fourth-order valence-electron chi connectivity index (χ4n) is 4.84. The summed E-state index contributed by atoms with van der Waals surface area (Å²) in [6, 6.07) is 0. The third kappa shape index (κ3) is 8.74. The molecule has 0 fully saturated rings. The summed E-state index contributed by atoms with van der Waals surface area (Å²) in [4.78, 5) is 51.1. The Labute approximate surface area is 230 Å². The molecule has 0 aromatic heterocycles. The monoisotopic (exact) mass is 541 g/mol. The van der Waals surface area contributed by atoms with Gasteiger partial charge < -0.3 is 20.5 Å². The molecule has 0 aliphatic rings. The predicted octanol–water partition coefficient (Wildman–Crippen LogP) is 2.90. The maximum absolute atomic E-state index is 13.6. The molecule has 9 heteroatoms.